The fourth-order valence-electron chi connectivity index (χ4n) is 2.85. The Morgan fingerprint density at radius 1 is 1.00 bits per heavy atom. The Labute approximate surface area is 172 Å². The lowest BCUT2D eigenvalue weighted by Crippen LogP contribution is -2.31. The topological polar surface area (TPSA) is 59.5 Å². The fourth-order valence-corrected chi connectivity index (χ4v) is 3.95. The highest BCUT2D eigenvalue weighted by Crippen LogP contribution is 2.30. The van der Waals surface area contributed by atoms with Gasteiger partial charge in [-0.3, -0.25) is 9.29 Å². The molecule has 0 amide bonds. The van der Waals surface area contributed by atoms with E-state index >= 15 is 0 Å². The maximum Gasteiger partial charge on any atom is 0.573 e. The number of alkyl halides is 3. The average Bonchev–Trinajstić information content (AvgIpc) is 2.72. The fraction of sp³-hybridized carbons (Fsp3) is 0.190. The van der Waals surface area contributed by atoms with Crippen LogP contribution in [0.4, 0.5) is 18.9 Å². The van der Waals surface area contributed by atoms with Crippen molar-refractivity contribution in [2.75, 3.05) is 10.1 Å². The molecule has 0 radical (unpaired) electrons. The number of nitrogens with zero attached hydrogens (tertiary/aromatic N) is 2. The predicted molar refractivity (Wildman–Crippen MR) is 108 cm³/mol. The Bertz CT molecular complexity index is 1090. The minimum Gasteiger partial charge on any atom is -0.406 e. The Morgan fingerprint density at radius 2 is 1.73 bits per heavy atom. The highest BCUT2D eigenvalue weighted by Gasteiger charge is 2.31. The molecule has 0 unspecified atom stereocenters. The molecule has 0 atom stereocenters. The van der Waals surface area contributed by atoms with E-state index in [0.717, 1.165) is 5.56 Å². The molecule has 5 nitrogen and oxygen atoms in total. The van der Waals surface area contributed by atoms with Crippen LogP contribution in [-0.4, -0.2) is 25.5 Å². The van der Waals surface area contributed by atoms with Gasteiger partial charge >= 0.3 is 6.36 Å². The smallest absolute Gasteiger partial charge is 0.406 e. The number of hydrogen-bond acceptors (Lipinski definition) is 4. The lowest BCUT2D eigenvalue weighted by atomic mass is 10.0. The van der Waals surface area contributed by atoms with Gasteiger partial charge in [-0.2, -0.15) is 0 Å². The Hall–Kier alpha value is -3.07. The molecule has 2 aromatic carbocycles. The molecule has 0 aliphatic heterocycles. The summed E-state index contributed by atoms with van der Waals surface area (Å²) in [5.41, 5.74) is 2.47. The van der Waals surface area contributed by atoms with Gasteiger partial charge in [0.25, 0.3) is 0 Å². The van der Waals surface area contributed by atoms with Gasteiger partial charge in [0.15, 0.2) is 0 Å². The van der Waals surface area contributed by atoms with Crippen LogP contribution in [0.3, 0.4) is 0 Å². The number of ether oxygens (including phenoxy) is 1. The van der Waals surface area contributed by atoms with E-state index in [1.165, 1.54) is 28.6 Å². The van der Waals surface area contributed by atoms with Gasteiger partial charge in [-0.15, -0.1) is 13.2 Å². The number of pyridine rings is 1. The van der Waals surface area contributed by atoms with Crippen LogP contribution in [0.1, 0.15) is 12.5 Å². The molecule has 30 heavy (non-hydrogen) atoms. The highest BCUT2D eigenvalue weighted by atomic mass is 32.2. The van der Waals surface area contributed by atoms with E-state index in [-0.39, 0.29) is 18.0 Å². The summed E-state index contributed by atoms with van der Waals surface area (Å²) in [5, 5.41) is 0. The number of anilines is 1. The minimum absolute atomic E-state index is 0.0824. The normalized spacial score (nSPS) is 11.9. The summed E-state index contributed by atoms with van der Waals surface area (Å²) in [7, 11) is -3.58. The molecule has 158 valence electrons. The molecule has 9 heteroatoms. The van der Waals surface area contributed by atoms with Crippen molar-refractivity contribution < 1.29 is 26.3 Å². The van der Waals surface area contributed by atoms with Gasteiger partial charge < -0.3 is 4.74 Å². The summed E-state index contributed by atoms with van der Waals surface area (Å²) in [5.74, 6) is -0.407. The largest absolute Gasteiger partial charge is 0.573 e. The van der Waals surface area contributed by atoms with Gasteiger partial charge in [-0.1, -0.05) is 30.3 Å². The second kappa shape index (κ2) is 8.74. The second-order valence-corrected chi connectivity index (χ2v) is 8.57. The molecule has 3 aromatic rings. The molecule has 0 spiro atoms. The summed E-state index contributed by atoms with van der Waals surface area (Å²) in [6.07, 6.45) is -1.56. The van der Waals surface area contributed by atoms with Gasteiger partial charge in [0.2, 0.25) is 10.0 Å². The third kappa shape index (κ3) is 5.50. The van der Waals surface area contributed by atoms with Gasteiger partial charge in [-0.05, 0) is 53.9 Å². The molecule has 1 aromatic heterocycles. The van der Waals surface area contributed by atoms with Crippen molar-refractivity contribution in [2.45, 2.75) is 19.8 Å². The number of benzene rings is 2. The van der Waals surface area contributed by atoms with Crippen LogP contribution in [0.25, 0.3) is 11.1 Å². The molecule has 0 fully saturated rings. The van der Waals surface area contributed by atoms with Gasteiger partial charge in [0, 0.05) is 12.4 Å². The zero-order chi connectivity index (χ0) is 21.8. The van der Waals surface area contributed by atoms with Crippen LogP contribution < -0.4 is 9.04 Å². The van der Waals surface area contributed by atoms with Crippen molar-refractivity contribution in [3.63, 3.8) is 0 Å². The van der Waals surface area contributed by atoms with Crippen LogP contribution in [0.5, 0.6) is 5.75 Å². The van der Waals surface area contributed by atoms with Gasteiger partial charge in [0.05, 0.1) is 18.0 Å². The van der Waals surface area contributed by atoms with E-state index in [0.29, 0.717) is 16.8 Å². The summed E-state index contributed by atoms with van der Waals surface area (Å²) in [4.78, 5) is 4.02. The quantitative estimate of drug-likeness (QED) is 0.523. The van der Waals surface area contributed by atoms with Crippen LogP contribution in [0.15, 0.2) is 73.1 Å². The molecule has 3 rings (SSSR count). The Balaban J connectivity index is 1.93. The van der Waals surface area contributed by atoms with Crippen molar-refractivity contribution in [3.8, 4) is 16.9 Å². The number of sulfonamides is 1. The molecule has 0 aliphatic rings. The van der Waals surface area contributed by atoms with Gasteiger partial charge in [-0.25, -0.2) is 8.42 Å². The first-order valence-corrected chi connectivity index (χ1v) is 10.6. The van der Waals surface area contributed by atoms with Crippen molar-refractivity contribution in [1.82, 2.24) is 4.98 Å². The van der Waals surface area contributed by atoms with E-state index in [4.69, 9.17) is 0 Å². The molecule has 0 N–H and O–H groups in total. The first-order valence-electron chi connectivity index (χ1n) is 9.03. The molecular weight excluding hydrogens is 417 g/mol. The molecule has 0 bridgehead atoms. The minimum atomic E-state index is -4.76. The third-order valence-corrected chi connectivity index (χ3v) is 6.05. The van der Waals surface area contributed by atoms with E-state index < -0.39 is 16.4 Å². The first kappa shape index (κ1) is 21.6. The number of rotatable bonds is 7. The third-order valence-electron chi connectivity index (χ3n) is 4.30. The van der Waals surface area contributed by atoms with Crippen molar-refractivity contribution in [2.24, 2.45) is 0 Å². The summed E-state index contributed by atoms with van der Waals surface area (Å²) in [6, 6.07) is 15.7. The molecule has 0 saturated heterocycles. The van der Waals surface area contributed by atoms with E-state index in [2.05, 4.69) is 9.72 Å². The van der Waals surface area contributed by atoms with Crippen LogP contribution >= 0.6 is 0 Å². The van der Waals surface area contributed by atoms with Gasteiger partial charge in [0.1, 0.15) is 5.75 Å². The molecule has 0 saturated carbocycles. The van der Waals surface area contributed by atoms with Crippen molar-refractivity contribution >= 4 is 15.7 Å². The monoisotopic (exact) mass is 436 g/mol. The van der Waals surface area contributed by atoms with Crippen molar-refractivity contribution in [3.05, 3.63) is 78.6 Å². The highest BCUT2D eigenvalue weighted by molar-refractivity contribution is 7.92. The molecule has 1 heterocycles. The zero-order valence-corrected chi connectivity index (χ0v) is 16.8. The maximum atomic E-state index is 12.7. The van der Waals surface area contributed by atoms with Crippen molar-refractivity contribution in [1.29, 1.82) is 0 Å². The summed E-state index contributed by atoms with van der Waals surface area (Å²) >= 11 is 0. The van der Waals surface area contributed by atoms with E-state index in [1.54, 1.807) is 55.7 Å². The Morgan fingerprint density at radius 3 is 2.33 bits per heavy atom. The van der Waals surface area contributed by atoms with Crippen LogP contribution in [0, 0.1) is 0 Å². The number of hydrogen-bond donors (Lipinski definition) is 0. The molecule has 0 aliphatic carbocycles. The lowest BCUT2D eigenvalue weighted by Gasteiger charge is -2.24. The Kier molecular flexibility index (Phi) is 6.31. The summed E-state index contributed by atoms with van der Waals surface area (Å²) in [6.45, 7) is 1.68. The van der Waals surface area contributed by atoms with Crippen LogP contribution in [0.2, 0.25) is 0 Å². The van der Waals surface area contributed by atoms with E-state index in [1.807, 2.05) is 0 Å². The zero-order valence-electron chi connectivity index (χ0n) is 16.0. The average molecular weight is 436 g/mol. The second-order valence-electron chi connectivity index (χ2n) is 6.39. The number of aromatic nitrogens is 1. The maximum absolute atomic E-state index is 12.7. The first-order chi connectivity index (χ1) is 14.2. The standard InChI is InChI=1S/C21H19F3N2O3S/c1-2-30(27,28)26(15-16-5-4-12-25-14-16)19-7-3-6-18(13-19)17-8-10-20(11-9-17)29-21(22,23)24/h3-14H,2,15H2,1H3. The predicted octanol–water partition coefficient (Wildman–Crippen LogP) is 5.00. The van der Waals surface area contributed by atoms with E-state index in [9.17, 15) is 21.6 Å². The molecular formula is C21H19F3N2O3S. The lowest BCUT2D eigenvalue weighted by molar-refractivity contribution is -0.274. The SMILES string of the molecule is CCS(=O)(=O)N(Cc1cccnc1)c1cccc(-c2ccc(OC(F)(F)F)cc2)c1. The number of halogens is 3. The van der Waals surface area contributed by atoms with Crippen LogP contribution in [-0.2, 0) is 16.6 Å². The summed E-state index contributed by atoms with van der Waals surface area (Å²) < 4.78 is 67.6.